The predicted octanol–water partition coefficient (Wildman–Crippen LogP) is 1.36. The lowest BCUT2D eigenvalue weighted by Crippen LogP contribution is -2.52. The molecule has 0 saturated carbocycles. The molecule has 1 fully saturated rings. The van der Waals surface area contributed by atoms with Crippen LogP contribution in [0.1, 0.15) is 20.3 Å². The molecule has 1 heterocycles. The quantitative estimate of drug-likeness (QED) is 0.393. The lowest BCUT2D eigenvalue weighted by Gasteiger charge is -2.31. The van der Waals surface area contributed by atoms with Crippen molar-refractivity contribution in [3.63, 3.8) is 0 Å². The highest BCUT2D eigenvalue weighted by atomic mass is 16.7. The van der Waals surface area contributed by atoms with Crippen LogP contribution >= 0.6 is 0 Å². The summed E-state index contributed by atoms with van der Waals surface area (Å²) in [6, 6.07) is 0. The van der Waals surface area contributed by atoms with E-state index in [-0.39, 0.29) is 18.1 Å². The third-order valence-corrected chi connectivity index (χ3v) is 2.43. The number of ether oxygens (including phenoxy) is 2. The first-order chi connectivity index (χ1) is 6.64. The van der Waals surface area contributed by atoms with Crippen molar-refractivity contribution in [1.29, 1.82) is 0 Å². The van der Waals surface area contributed by atoms with E-state index >= 15 is 0 Å². The first kappa shape index (κ1) is 11.1. The standard InChI is InChI=1S/C9H15NO4/c1-3-5-8-13-6-9(4-2,7-14-8)10(11)12/h3,5,8H,4,6-7H2,1-2H3. The zero-order valence-corrected chi connectivity index (χ0v) is 8.43. The van der Waals surface area contributed by atoms with Gasteiger partial charge in [0.25, 0.3) is 5.54 Å². The van der Waals surface area contributed by atoms with Gasteiger partial charge < -0.3 is 9.47 Å². The maximum atomic E-state index is 10.8. The van der Waals surface area contributed by atoms with Gasteiger partial charge in [-0.2, -0.15) is 0 Å². The summed E-state index contributed by atoms with van der Waals surface area (Å²) >= 11 is 0. The van der Waals surface area contributed by atoms with E-state index in [2.05, 4.69) is 0 Å². The van der Waals surface area contributed by atoms with Gasteiger partial charge >= 0.3 is 0 Å². The second kappa shape index (κ2) is 4.52. The Morgan fingerprint density at radius 2 is 2.14 bits per heavy atom. The highest BCUT2D eigenvalue weighted by Crippen LogP contribution is 2.22. The smallest absolute Gasteiger partial charge is 0.267 e. The molecule has 0 spiro atoms. The molecule has 0 amide bonds. The normalized spacial score (nSPS) is 33.4. The van der Waals surface area contributed by atoms with E-state index in [9.17, 15) is 10.1 Å². The summed E-state index contributed by atoms with van der Waals surface area (Å²) in [5.41, 5.74) is -1.06. The van der Waals surface area contributed by atoms with Gasteiger partial charge in [-0.05, 0) is 13.0 Å². The highest BCUT2D eigenvalue weighted by Gasteiger charge is 2.45. The fourth-order valence-corrected chi connectivity index (χ4v) is 1.27. The molecule has 0 radical (unpaired) electrons. The number of rotatable bonds is 3. The third-order valence-electron chi connectivity index (χ3n) is 2.43. The largest absolute Gasteiger partial charge is 0.341 e. The Bertz CT molecular complexity index is 231. The summed E-state index contributed by atoms with van der Waals surface area (Å²) in [5, 5.41) is 10.8. The minimum absolute atomic E-state index is 0.117. The molecule has 0 aromatic heterocycles. The predicted molar refractivity (Wildman–Crippen MR) is 50.5 cm³/mol. The van der Waals surface area contributed by atoms with Crippen LogP contribution in [0, 0.1) is 10.1 Å². The van der Waals surface area contributed by atoms with Crippen molar-refractivity contribution in [3.8, 4) is 0 Å². The SMILES string of the molecule is CC=CC1OCC(CC)([N+](=O)[O-])CO1. The Hall–Kier alpha value is -0.940. The van der Waals surface area contributed by atoms with Crippen molar-refractivity contribution >= 4 is 0 Å². The highest BCUT2D eigenvalue weighted by molar-refractivity contribution is 4.88. The lowest BCUT2D eigenvalue weighted by molar-refractivity contribution is -0.590. The van der Waals surface area contributed by atoms with Crippen molar-refractivity contribution < 1.29 is 14.4 Å². The van der Waals surface area contributed by atoms with Gasteiger partial charge in [0.2, 0.25) is 0 Å². The maximum Gasteiger partial charge on any atom is 0.267 e. The van der Waals surface area contributed by atoms with Gasteiger partial charge in [-0.25, -0.2) is 0 Å². The molecule has 0 unspecified atom stereocenters. The van der Waals surface area contributed by atoms with Crippen LogP contribution in [0.3, 0.4) is 0 Å². The molecule has 0 aliphatic carbocycles. The zero-order valence-electron chi connectivity index (χ0n) is 8.43. The summed E-state index contributed by atoms with van der Waals surface area (Å²) in [5.74, 6) is 0. The zero-order chi connectivity index (χ0) is 10.6. The van der Waals surface area contributed by atoms with Gasteiger partial charge in [-0.3, -0.25) is 10.1 Å². The van der Waals surface area contributed by atoms with Crippen LogP contribution in [0.25, 0.3) is 0 Å². The Kier molecular flexibility index (Phi) is 3.60. The fraction of sp³-hybridized carbons (Fsp3) is 0.778. The Balaban J connectivity index is 2.59. The molecular weight excluding hydrogens is 186 g/mol. The molecule has 5 heteroatoms. The molecule has 0 aromatic carbocycles. The van der Waals surface area contributed by atoms with Gasteiger partial charge in [-0.15, -0.1) is 0 Å². The lowest BCUT2D eigenvalue weighted by atomic mass is 9.99. The fourth-order valence-electron chi connectivity index (χ4n) is 1.27. The number of nitrogens with zero attached hydrogens (tertiary/aromatic N) is 1. The Morgan fingerprint density at radius 1 is 1.57 bits per heavy atom. The second-order valence-corrected chi connectivity index (χ2v) is 3.35. The minimum atomic E-state index is -1.06. The van der Waals surface area contributed by atoms with Crippen LogP contribution in [0.5, 0.6) is 0 Å². The number of allylic oxidation sites excluding steroid dienone is 1. The maximum absolute atomic E-state index is 10.8. The molecule has 80 valence electrons. The van der Waals surface area contributed by atoms with Crippen molar-refractivity contribution in [3.05, 3.63) is 22.3 Å². The second-order valence-electron chi connectivity index (χ2n) is 3.35. The van der Waals surface area contributed by atoms with Crippen LogP contribution in [0.15, 0.2) is 12.2 Å². The van der Waals surface area contributed by atoms with E-state index < -0.39 is 11.8 Å². The average Bonchev–Trinajstić information content (AvgIpc) is 2.19. The Morgan fingerprint density at radius 3 is 2.50 bits per heavy atom. The number of nitro groups is 1. The van der Waals surface area contributed by atoms with E-state index in [0.717, 1.165) is 0 Å². The number of hydrogen-bond donors (Lipinski definition) is 0. The van der Waals surface area contributed by atoms with Gasteiger partial charge in [0, 0.05) is 11.3 Å². The monoisotopic (exact) mass is 201 g/mol. The Labute approximate surface area is 82.8 Å². The molecule has 1 rings (SSSR count). The van der Waals surface area contributed by atoms with Crippen molar-refractivity contribution in [2.45, 2.75) is 32.1 Å². The van der Waals surface area contributed by atoms with Gasteiger partial charge in [0.05, 0.1) is 0 Å². The molecule has 0 N–H and O–H groups in total. The van der Waals surface area contributed by atoms with Crippen molar-refractivity contribution in [2.75, 3.05) is 13.2 Å². The molecule has 0 atom stereocenters. The molecule has 0 aromatic rings. The van der Waals surface area contributed by atoms with Crippen LogP contribution in [-0.2, 0) is 9.47 Å². The van der Waals surface area contributed by atoms with Gasteiger partial charge in [-0.1, -0.05) is 13.0 Å². The molecule has 1 aliphatic heterocycles. The molecule has 5 nitrogen and oxygen atoms in total. The molecule has 0 bridgehead atoms. The van der Waals surface area contributed by atoms with Crippen molar-refractivity contribution in [1.82, 2.24) is 0 Å². The van der Waals surface area contributed by atoms with Crippen LogP contribution < -0.4 is 0 Å². The summed E-state index contributed by atoms with van der Waals surface area (Å²) in [4.78, 5) is 10.5. The van der Waals surface area contributed by atoms with Gasteiger partial charge in [0.1, 0.15) is 13.2 Å². The average molecular weight is 201 g/mol. The first-order valence-corrected chi connectivity index (χ1v) is 4.65. The van der Waals surface area contributed by atoms with Crippen LogP contribution in [-0.4, -0.2) is 30.0 Å². The van der Waals surface area contributed by atoms with Crippen LogP contribution in [0.2, 0.25) is 0 Å². The van der Waals surface area contributed by atoms with E-state index in [0.29, 0.717) is 6.42 Å². The van der Waals surface area contributed by atoms with Crippen LogP contribution in [0.4, 0.5) is 0 Å². The summed E-state index contributed by atoms with van der Waals surface area (Å²) < 4.78 is 10.5. The minimum Gasteiger partial charge on any atom is -0.341 e. The van der Waals surface area contributed by atoms with E-state index in [1.807, 2.05) is 6.92 Å². The van der Waals surface area contributed by atoms with E-state index in [1.54, 1.807) is 19.1 Å². The topological polar surface area (TPSA) is 61.6 Å². The molecule has 1 saturated heterocycles. The summed E-state index contributed by atoms with van der Waals surface area (Å²) in [7, 11) is 0. The third kappa shape index (κ3) is 2.10. The first-order valence-electron chi connectivity index (χ1n) is 4.65. The molecule has 14 heavy (non-hydrogen) atoms. The van der Waals surface area contributed by atoms with Gasteiger partial charge in [0.15, 0.2) is 6.29 Å². The number of hydrogen-bond acceptors (Lipinski definition) is 4. The summed E-state index contributed by atoms with van der Waals surface area (Å²) in [6.07, 6.45) is 3.53. The summed E-state index contributed by atoms with van der Waals surface area (Å²) in [6.45, 7) is 3.85. The van der Waals surface area contributed by atoms with E-state index in [1.165, 1.54) is 0 Å². The van der Waals surface area contributed by atoms with Crippen molar-refractivity contribution in [2.24, 2.45) is 0 Å². The molecule has 1 aliphatic rings. The van der Waals surface area contributed by atoms with E-state index in [4.69, 9.17) is 9.47 Å². The molecular formula is C9H15NO4.